The second-order valence-corrected chi connectivity index (χ2v) is 14.6. The van der Waals surface area contributed by atoms with Crippen LogP contribution in [0.4, 0.5) is 9.59 Å². The van der Waals surface area contributed by atoms with Gasteiger partial charge in [0.05, 0.1) is 48.4 Å². The molecule has 0 unspecified atom stereocenters. The molecular weight excluding hydrogens is 713 g/mol. The van der Waals surface area contributed by atoms with Crippen molar-refractivity contribution in [3.05, 3.63) is 84.4 Å². The van der Waals surface area contributed by atoms with Crippen LogP contribution >= 0.6 is 0 Å². The largest absolute Gasteiger partial charge is 0.453 e. The van der Waals surface area contributed by atoms with E-state index >= 15 is 0 Å². The number of carbonyl (C=O) groups excluding carboxylic acids is 4. The minimum Gasteiger partial charge on any atom is -0.453 e. The van der Waals surface area contributed by atoms with Crippen molar-refractivity contribution >= 4 is 56.8 Å². The lowest BCUT2D eigenvalue weighted by atomic mass is 9.97. The minimum atomic E-state index is -0.709. The zero-order valence-corrected chi connectivity index (χ0v) is 31.7. The summed E-state index contributed by atoms with van der Waals surface area (Å²) in [4.78, 5) is 70.0. The number of aromatic amines is 2. The molecule has 2 aliphatic heterocycles. The molecule has 288 valence electrons. The predicted octanol–water partition coefficient (Wildman–Crippen LogP) is 6.74. The molecule has 2 fully saturated rings. The monoisotopic (exact) mass is 756 g/mol. The average molecular weight is 757 g/mol. The van der Waals surface area contributed by atoms with Crippen LogP contribution in [0.3, 0.4) is 0 Å². The number of nitrogens with one attached hydrogen (secondary N) is 4. The quantitative estimate of drug-likeness (QED) is 0.132. The number of rotatable bonds is 8. The van der Waals surface area contributed by atoms with Crippen LogP contribution in [-0.2, 0) is 19.1 Å². The second kappa shape index (κ2) is 15.0. The number of H-pyrrole nitrogens is 2. The number of nitrogens with zero attached hydrogens (tertiary/aromatic N) is 4. The molecule has 2 saturated heterocycles. The molecule has 0 saturated carbocycles. The lowest BCUT2D eigenvalue weighted by Gasteiger charge is -2.26. The summed E-state index contributed by atoms with van der Waals surface area (Å²) in [5.41, 5.74) is 7.68. The summed E-state index contributed by atoms with van der Waals surface area (Å²) in [6, 6.07) is 23.4. The molecule has 2 aromatic heterocycles. The van der Waals surface area contributed by atoms with E-state index in [9.17, 15) is 19.2 Å². The number of benzene rings is 4. The summed E-state index contributed by atoms with van der Waals surface area (Å²) in [5.74, 6) is 1.13. The SMILES string of the molecule is COC(=O)N[C@@H](C)C(=O)N1CCC[C@H]1c1nc2ccc(-c3ccc4cc(-c5ccc6nc([C@@H]7CCCN7C(=O)[C@H](C)NC(=O)OC)[nH]c6c5)ccc4c3)cc2[nH]1. The van der Waals surface area contributed by atoms with Gasteiger partial charge in [0.25, 0.3) is 0 Å². The molecule has 0 spiro atoms. The lowest BCUT2D eigenvalue weighted by molar-refractivity contribution is -0.134. The normalized spacial score (nSPS) is 18.0. The third-order valence-corrected chi connectivity index (χ3v) is 11.0. The molecule has 4 aromatic carbocycles. The Morgan fingerprint density at radius 2 is 1.02 bits per heavy atom. The zero-order valence-electron chi connectivity index (χ0n) is 31.7. The van der Waals surface area contributed by atoms with E-state index in [0.717, 1.165) is 92.4 Å². The smallest absolute Gasteiger partial charge is 0.407 e. The number of ether oxygens (including phenoxy) is 2. The summed E-state index contributed by atoms with van der Waals surface area (Å²) < 4.78 is 9.34. The Labute approximate surface area is 322 Å². The molecule has 2 aliphatic rings. The second-order valence-electron chi connectivity index (χ2n) is 14.6. The zero-order chi connectivity index (χ0) is 39.1. The molecule has 0 aliphatic carbocycles. The molecule has 0 bridgehead atoms. The van der Waals surface area contributed by atoms with E-state index in [1.54, 1.807) is 23.6 Å². The van der Waals surface area contributed by atoms with Gasteiger partial charge < -0.3 is 39.9 Å². The number of fused-ring (bicyclic) bond motifs is 3. The van der Waals surface area contributed by atoms with E-state index in [0.29, 0.717) is 13.1 Å². The Morgan fingerprint density at radius 3 is 1.43 bits per heavy atom. The predicted molar refractivity (Wildman–Crippen MR) is 212 cm³/mol. The van der Waals surface area contributed by atoms with Crippen LogP contribution in [-0.4, -0.2) is 93.1 Å². The number of imidazole rings is 2. The fraction of sp³-hybridized carbons (Fsp3) is 0.333. The molecular formula is C42H44N8O6. The Kier molecular flexibility index (Phi) is 9.79. The molecule has 4 N–H and O–H groups in total. The topological polar surface area (TPSA) is 175 Å². The highest BCUT2D eigenvalue weighted by Gasteiger charge is 2.36. The molecule has 6 aromatic rings. The highest BCUT2D eigenvalue weighted by Crippen LogP contribution is 2.36. The van der Waals surface area contributed by atoms with Crippen LogP contribution in [0.2, 0.25) is 0 Å². The maximum atomic E-state index is 13.2. The van der Waals surface area contributed by atoms with Gasteiger partial charge in [-0.25, -0.2) is 19.6 Å². The van der Waals surface area contributed by atoms with Crippen molar-refractivity contribution in [1.82, 2.24) is 40.4 Å². The van der Waals surface area contributed by atoms with Crippen LogP contribution in [0.15, 0.2) is 72.8 Å². The van der Waals surface area contributed by atoms with Crippen LogP contribution in [0.25, 0.3) is 55.1 Å². The van der Waals surface area contributed by atoms with Gasteiger partial charge in [0.2, 0.25) is 11.8 Å². The molecule has 14 heteroatoms. The standard InChI is InChI=1S/C42H44N8O6/c1-23(43-41(53)55-3)39(51)49-17-5-7-35(49)37-45-31-15-13-29(21-33(31)47-37)27-11-9-26-20-28(12-10-25(26)19-27)30-14-16-32-34(22-30)48-38(46-32)36-8-6-18-50(36)40(52)24(2)44-42(54)56-4/h9-16,19-24,35-36H,5-8,17-18H2,1-4H3,(H,43,53)(H,44,54)(H,45,47)(H,46,48)/t23-,24-,35-,36-/m0/s1. The number of carbonyl (C=O) groups is 4. The van der Waals surface area contributed by atoms with Crippen LogP contribution < -0.4 is 10.6 Å². The van der Waals surface area contributed by atoms with E-state index in [4.69, 9.17) is 9.97 Å². The van der Waals surface area contributed by atoms with Gasteiger partial charge in [0, 0.05) is 13.1 Å². The first-order valence-corrected chi connectivity index (χ1v) is 18.9. The van der Waals surface area contributed by atoms with Crippen molar-refractivity contribution < 1.29 is 28.7 Å². The van der Waals surface area contributed by atoms with Crippen molar-refractivity contribution in [2.24, 2.45) is 0 Å². The van der Waals surface area contributed by atoms with Crippen molar-refractivity contribution in [3.8, 4) is 22.3 Å². The van der Waals surface area contributed by atoms with Gasteiger partial charge in [0.1, 0.15) is 23.7 Å². The van der Waals surface area contributed by atoms with Gasteiger partial charge >= 0.3 is 12.2 Å². The van der Waals surface area contributed by atoms with Crippen molar-refractivity contribution in [2.45, 2.75) is 63.7 Å². The van der Waals surface area contributed by atoms with E-state index in [1.165, 1.54) is 14.2 Å². The number of aromatic nitrogens is 4. The first-order valence-electron chi connectivity index (χ1n) is 18.9. The van der Waals surface area contributed by atoms with Gasteiger partial charge in [-0.2, -0.15) is 0 Å². The van der Waals surface area contributed by atoms with Gasteiger partial charge in [-0.3, -0.25) is 9.59 Å². The number of amides is 4. The van der Waals surface area contributed by atoms with Crippen molar-refractivity contribution in [2.75, 3.05) is 27.3 Å². The number of alkyl carbamates (subject to hydrolysis) is 2. The summed E-state index contributed by atoms with van der Waals surface area (Å²) in [6.07, 6.45) is 1.99. The van der Waals surface area contributed by atoms with Crippen molar-refractivity contribution in [1.29, 1.82) is 0 Å². The summed E-state index contributed by atoms with van der Waals surface area (Å²) in [7, 11) is 2.55. The average Bonchev–Trinajstić information content (AvgIpc) is 4.04. The highest BCUT2D eigenvalue weighted by atomic mass is 16.5. The van der Waals surface area contributed by atoms with E-state index in [-0.39, 0.29) is 23.9 Å². The number of methoxy groups -OCH3 is 2. The van der Waals surface area contributed by atoms with Crippen LogP contribution in [0, 0.1) is 0 Å². The number of hydrogen-bond acceptors (Lipinski definition) is 8. The van der Waals surface area contributed by atoms with E-state index in [2.05, 4.69) is 90.7 Å². The maximum Gasteiger partial charge on any atom is 0.407 e. The van der Waals surface area contributed by atoms with Gasteiger partial charge in [0.15, 0.2) is 0 Å². The van der Waals surface area contributed by atoms with E-state index in [1.807, 2.05) is 12.1 Å². The Balaban J connectivity index is 0.990. The number of likely N-dealkylation sites (tertiary alicyclic amines) is 2. The molecule has 4 heterocycles. The Bertz CT molecular complexity index is 2320. The fourth-order valence-corrected chi connectivity index (χ4v) is 8.06. The first kappa shape index (κ1) is 36.5. The minimum absolute atomic E-state index is 0.168. The molecule has 14 nitrogen and oxygen atoms in total. The third-order valence-electron chi connectivity index (χ3n) is 11.0. The fourth-order valence-electron chi connectivity index (χ4n) is 8.06. The first-order chi connectivity index (χ1) is 27.1. The third kappa shape index (κ3) is 6.98. The number of hydrogen-bond donors (Lipinski definition) is 4. The van der Waals surface area contributed by atoms with Gasteiger partial charge in [-0.1, -0.05) is 36.4 Å². The van der Waals surface area contributed by atoms with Gasteiger partial charge in [-0.05, 0) is 109 Å². The summed E-state index contributed by atoms with van der Waals surface area (Å²) in [6.45, 7) is 4.51. The summed E-state index contributed by atoms with van der Waals surface area (Å²) >= 11 is 0. The van der Waals surface area contributed by atoms with Crippen molar-refractivity contribution in [3.63, 3.8) is 0 Å². The van der Waals surface area contributed by atoms with Gasteiger partial charge in [-0.15, -0.1) is 0 Å². The molecule has 8 rings (SSSR count). The molecule has 4 amide bonds. The van der Waals surface area contributed by atoms with Crippen LogP contribution in [0.1, 0.15) is 63.3 Å². The molecule has 0 radical (unpaired) electrons. The maximum absolute atomic E-state index is 13.2. The Hall–Kier alpha value is -6.44. The van der Waals surface area contributed by atoms with E-state index < -0.39 is 24.3 Å². The Morgan fingerprint density at radius 1 is 0.625 bits per heavy atom. The molecule has 4 atom stereocenters. The highest BCUT2D eigenvalue weighted by molar-refractivity contribution is 5.93. The summed E-state index contributed by atoms with van der Waals surface area (Å²) in [5, 5.41) is 7.37. The molecule has 56 heavy (non-hydrogen) atoms. The lowest BCUT2D eigenvalue weighted by Crippen LogP contribution is -2.46. The van der Waals surface area contributed by atoms with Crippen LogP contribution in [0.5, 0.6) is 0 Å².